The van der Waals surface area contributed by atoms with Gasteiger partial charge in [0.2, 0.25) is 0 Å². The smallest absolute Gasteiger partial charge is 0.101 e. The highest BCUT2D eigenvalue weighted by Gasteiger charge is 2.21. The summed E-state index contributed by atoms with van der Waals surface area (Å²) in [5.74, 6) is 0. The summed E-state index contributed by atoms with van der Waals surface area (Å²) in [5, 5.41) is 35.2. The number of nitrogens with zero attached hydrogens (tertiary/aromatic N) is 5. The average Bonchev–Trinajstić information content (AvgIpc) is 3.70. The lowest BCUT2D eigenvalue weighted by molar-refractivity contribution is 1.16. The maximum atomic E-state index is 10.7. The van der Waals surface area contributed by atoms with E-state index in [1.807, 2.05) is 77.4 Å². The van der Waals surface area contributed by atoms with E-state index in [0.717, 1.165) is 55.2 Å². The summed E-state index contributed by atoms with van der Waals surface area (Å²) < 4.78 is 4.34. The van der Waals surface area contributed by atoms with Crippen molar-refractivity contribution in [3.05, 3.63) is 168 Å². The number of para-hydroxylation sites is 4. The Morgan fingerprint density at radius 2 is 0.820 bits per heavy atom. The Hall–Kier alpha value is -7.39. The minimum atomic E-state index is 0.441. The van der Waals surface area contributed by atoms with Gasteiger partial charge in [-0.15, -0.1) is 0 Å². The van der Waals surface area contributed by atoms with Gasteiger partial charge in [0.05, 0.1) is 62.3 Å². The van der Waals surface area contributed by atoms with Gasteiger partial charge in [-0.1, -0.05) is 97.1 Å². The fourth-order valence-electron chi connectivity index (χ4n) is 7.51. The maximum Gasteiger partial charge on any atom is 0.101 e. The van der Waals surface area contributed by atoms with E-state index in [9.17, 15) is 15.8 Å². The van der Waals surface area contributed by atoms with Crippen molar-refractivity contribution in [3.63, 3.8) is 0 Å². The molecule has 0 radical (unpaired) electrons. The van der Waals surface area contributed by atoms with E-state index in [-0.39, 0.29) is 0 Å². The third-order valence-electron chi connectivity index (χ3n) is 9.65. The minimum Gasteiger partial charge on any atom is -0.309 e. The first kappa shape index (κ1) is 28.8. The Balaban J connectivity index is 1.29. The predicted octanol–water partition coefficient (Wildman–Crippen LogP) is 10.8. The summed E-state index contributed by atoms with van der Waals surface area (Å²) in [6.45, 7) is 0. The quantitative estimate of drug-likeness (QED) is 0.193. The largest absolute Gasteiger partial charge is 0.309 e. The van der Waals surface area contributed by atoms with Crippen molar-refractivity contribution < 1.29 is 0 Å². The summed E-state index contributed by atoms with van der Waals surface area (Å²) in [7, 11) is 0. The SMILES string of the molecule is N#Cc1ccc2c(c1)c1ccccc1n2-c1cc(C#N)c(-c2ccccc2-c2ccccc2-n2c3ccccc3c3ccccc32)cc1C#N. The van der Waals surface area contributed by atoms with Crippen LogP contribution in [0.25, 0.3) is 77.2 Å². The number of fused-ring (bicyclic) bond motifs is 6. The molecule has 2 heterocycles. The molecule has 0 saturated heterocycles. The van der Waals surface area contributed by atoms with Crippen LogP contribution in [0, 0.1) is 34.0 Å². The normalized spacial score (nSPS) is 11.1. The van der Waals surface area contributed by atoms with Crippen molar-refractivity contribution in [2.45, 2.75) is 0 Å². The molecule has 5 nitrogen and oxygen atoms in total. The Labute approximate surface area is 287 Å². The van der Waals surface area contributed by atoms with Gasteiger partial charge in [-0.3, -0.25) is 0 Å². The summed E-state index contributed by atoms with van der Waals surface area (Å²) in [6, 6.07) is 57.7. The van der Waals surface area contributed by atoms with E-state index in [1.54, 1.807) is 6.07 Å². The van der Waals surface area contributed by atoms with Crippen molar-refractivity contribution >= 4 is 43.6 Å². The summed E-state index contributed by atoms with van der Waals surface area (Å²) >= 11 is 0. The number of nitriles is 3. The van der Waals surface area contributed by atoms with Gasteiger partial charge in [-0.2, -0.15) is 15.8 Å². The van der Waals surface area contributed by atoms with Crippen LogP contribution >= 0.6 is 0 Å². The van der Waals surface area contributed by atoms with Gasteiger partial charge in [0.25, 0.3) is 0 Å². The lowest BCUT2D eigenvalue weighted by atomic mass is 9.89. The van der Waals surface area contributed by atoms with Crippen LogP contribution in [0.4, 0.5) is 0 Å². The molecule has 0 N–H and O–H groups in total. The zero-order valence-corrected chi connectivity index (χ0v) is 26.7. The van der Waals surface area contributed by atoms with Gasteiger partial charge in [-0.05, 0) is 65.7 Å². The van der Waals surface area contributed by atoms with Crippen LogP contribution in [0.15, 0.2) is 152 Å². The van der Waals surface area contributed by atoms with Crippen molar-refractivity contribution in [2.24, 2.45) is 0 Å². The van der Waals surface area contributed by atoms with E-state index in [0.29, 0.717) is 27.9 Å². The molecule has 230 valence electrons. The standard InChI is InChI=1S/C45H25N5/c46-26-29-21-22-44-39(23-29)37-16-6-10-20-43(37)50(44)45-25-30(27-47)38(24-31(45)28-48)33-12-2-1-11-32(33)34-13-3-7-17-40(34)49-41-18-8-4-14-35(41)36-15-5-9-19-42(36)49/h1-25H. The molecule has 0 fully saturated rings. The molecule has 0 bridgehead atoms. The molecule has 7 aromatic carbocycles. The van der Waals surface area contributed by atoms with Crippen LogP contribution in [0.5, 0.6) is 0 Å². The Bertz CT molecular complexity index is 2920. The topological polar surface area (TPSA) is 81.2 Å². The highest BCUT2D eigenvalue weighted by molar-refractivity contribution is 6.11. The molecule has 0 saturated carbocycles. The molecule has 0 spiro atoms. The number of aromatic nitrogens is 2. The highest BCUT2D eigenvalue weighted by atomic mass is 15.0. The molecular weight excluding hydrogens is 611 g/mol. The lowest BCUT2D eigenvalue weighted by Crippen LogP contribution is -2.01. The van der Waals surface area contributed by atoms with E-state index in [1.165, 1.54) is 10.8 Å². The predicted molar refractivity (Wildman–Crippen MR) is 200 cm³/mol. The first-order chi connectivity index (χ1) is 24.7. The van der Waals surface area contributed by atoms with Crippen LogP contribution in [-0.4, -0.2) is 9.13 Å². The van der Waals surface area contributed by atoms with Crippen molar-refractivity contribution in [3.8, 4) is 51.8 Å². The molecule has 9 rings (SSSR count). The molecule has 0 aliphatic heterocycles. The van der Waals surface area contributed by atoms with Gasteiger partial charge in [0, 0.05) is 32.7 Å². The van der Waals surface area contributed by atoms with Crippen LogP contribution in [-0.2, 0) is 0 Å². The van der Waals surface area contributed by atoms with Gasteiger partial charge < -0.3 is 9.13 Å². The Morgan fingerprint density at radius 3 is 1.42 bits per heavy atom. The molecule has 0 aliphatic rings. The van der Waals surface area contributed by atoms with Gasteiger partial charge in [0.15, 0.2) is 0 Å². The molecule has 0 amide bonds. The van der Waals surface area contributed by atoms with Gasteiger partial charge in [0.1, 0.15) is 6.07 Å². The first-order valence-electron chi connectivity index (χ1n) is 16.3. The third-order valence-corrected chi connectivity index (χ3v) is 9.65. The fourth-order valence-corrected chi connectivity index (χ4v) is 7.51. The molecule has 5 heteroatoms. The van der Waals surface area contributed by atoms with E-state index < -0.39 is 0 Å². The molecule has 2 aromatic heterocycles. The van der Waals surface area contributed by atoms with Crippen LogP contribution in [0.3, 0.4) is 0 Å². The number of benzene rings is 7. The third kappa shape index (κ3) is 4.24. The van der Waals surface area contributed by atoms with Crippen LogP contribution in [0.1, 0.15) is 16.7 Å². The highest BCUT2D eigenvalue weighted by Crippen LogP contribution is 2.42. The zero-order valence-electron chi connectivity index (χ0n) is 26.7. The molecule has 50 heavy (non-hydrogen) atoms. The Morgan fingerprint density at radius 1 is 0.340 bits per heavy atom. The Kier molecular flexibility index (Phi) is 6.56. The van der Waals surface area contributed by atoms with E-state index in [2.05, 4.69) is 95.6 Å². The maximum absolute atomic E-state index is 10.7. The van der Waals surface area contributed by atoms with E-state index in [4.69, 9.17) is 0 Å². The second-order valence-electron chi connectivity index (χ2n) is 12.3. The monoisotopic (exact) mass is 635 g/mol. The van der Waals surface area contributed by atoms with Gasteiger partial charge in [-0.25, -0.2) is 0 Å². The second kappa shape index (κ2) is 11.4. The molecule has 0 atom stereocenters. The minimum absolute atomic E-state index is 0.441. The lowest BCUT2D eigenvalue weighted by Gasteiger charge is -2.18. The summed E-state index contributed by atoms with van der Waals surface area (Å²) in [4.78, 5) is 0. The number of rotatable bonds is 4. The average molecular weight is 636 g/mol. The summed E-state index contributed by atoms with van der Waals surface area (Å²) in [5.41, 5.74) is 10.6. The molecule has 0 aliphatic carbocycles. The number of hydrogen-bond acceptors (Lipinski definition) is 3. The van der Waals surface area contributed by atoms with Gasteiger partial charge >= 0.3 is 0 Å². The van der Waals surface area contributed by atoms with E-state index >= 15 is 0 Å². The molecule has 0 unspecified atom stereocenters. The van der Waals surface area contributed by atoms with Crippen molar-refractivity contribution in [2.75, 3.05) is 0 Å². The number of hydrogen-bond donors (Lipinski definition) is 0. The molecular formula is C45H25N5. The first-order valence-corrected chi connectivity index (χ1v) is 16.3. The van der Waals surface area contributed by atoms with Crippen molar-refractivity contribution in [1.82, 2.24) is 9.13 Å². The van der Waals surface area contributed by atoms with Crippen LogP contribution in [0.2, 0.25) is 0 Å². The fraction of sp³-hybridized carbons (Fsp3) is 0. The summed E-state index contributed by atoms with van der Waals surface area (Å²) in [6.07, 6.45) is 0. The second-order valence-corrected chi connectivity index (χ2v) is 12.3. The zero-order chi connectivity index (χ0) is 33.8. The van der Waals surface area contributed by atoms with Crippen LogP contribution < -0.4 is 0 Å². The molecule has 9 aromatic rings. The van der Waals surface area contributed by atoms with Crippen molar-refractivity contribution in [1.29, 1.82) is 15.8 Å².